The molecule has 142 valence electrons. The zero-order valence-electron chi connectivity index (χ0n) is 15.3. The Bertz CT molecular complexity index is 1150. The first kappa shape index (κ1) is 17.9. The molecule has 1 aromatic carbocycles. The predicted octanol–water partition coefficient (Wildman–Crippen LogP) is 3.46. The minimum absolute atomic E-state index is 0.00276. The molecule has 0 aliphatic carbocycles. The summed E-state index contributed by atoms with van der Waals surface area (Å²) in [5.41, 5.74) is 2.51. The molecule has 0 saturated carbocycles. The van der Waals surface area contributed by atoms with Crippen molar-refractivity contribution in [3.05, 3.63) is 46.7 Å². The first-order valence-electron chi connectivity index (χ1n) is 8.32. The largest absolute Gasteiger partial charge is 0.497 e. The standard InChI is InChI=1S/C18H16N6O3S/c1-9-15(28-10(2)19-9)17-23-24-18(27-17)20-16(25)14-8-13(21-22-14)11-5-4-6-12(7-11)26-3/h4-8H,1-3H3,(H,21,22)(H,20,24,25). The lowest BCUT2D eigenvalue weighted by molar-refractivity contribution is 0.101. The van der Waals surface area contributed by atoms with E-state index in [1.807, 2.05) is 38.1 Å². The number of aryl methyl sites for hydroxylation is 2. The number of rotatable bonds is 5. The van der Waals surface area contributed by atoms with Crippen molar-refractivity contribution >= 4 is 23.3 Å². The molecule has 10 heteroatoms. The molecule has 0 atom stereocenters. The number of amides is 1. The number of H-pyrrole nitrogens is 1. The molecule has 4 rings (SSSR count). The van der Waals surface area contributed by atoms with E-state index in [-0.39, 0.29) is 11.7 Å². The van der Waals surface area contributed by atoms with E-state index in [9.17, 15) is 4.79 Å². The number of methoxy groups -OCH3 is 1. The third-order valence-electron chi connectivity index (χ3n) is 3.93. The van der Waals surface area contributed by atoms with Crippen LogP contribution in [0.3, 0.4) is 0 Å². The lowest BCUT2D eigenvalue weighted by Crippen LogP contribution is -2.12. The number of benzene rings is 1. The molecular weight excluding hydrogens is 380 g/mol. The molecule has 4 aromatic rings. The van der Waals surface area contributed by atoms with E-state index in [0.29, 0.717) is 17.3 Å². The van der Waals surface area contributed by atoms with Crippen molar-refractivity contribution in [3.63, 3.8) is 0 Å². The van der Waals surface area contributed by atoms with Crippen molar-refractivity contribution in [3.8, 4) is 27.8 Å². The van der Waals surface area contributed by atoms with Gasteiger partial charge in [0.25, 0.3) is 11.8 Å². The third-order valence-corrected chi connectivity index (χ3v) is 4.99. The average molecular weight is 396 g/mol. The van der Waals surface area contributed by atoms with Gasteiger partial charge in [0.2, 0.25) is 0 Å². The van der Waals surface area contributed by atoms with E-state index in [1.54, 1.807) is 13.2 Å². The van der Waals surface area contributed by atoms with Gasteiger partial charge >= 0.3 is 6.01 Å². The van der Waals surface area contributed by atoms with E-state index in [4.69, 9.17) is 9.15 Å². The molecule has 0 saturated heterocycles. The van der Waals surface area contributed by atoms with Gasteiger partial charge in [-0.05, 0) is 32.0 Å². The zero-order chi connectivity index (χ0) is 19.7. The Kier molecular flexibility index (Phi) is 4.62. The lowest BCUT2D eigenvalue weighted by atomic mass is 10.1. The molecule has 3 aromatic heterocycles. The van der Waals surface area contributed by atoms with Crippen molar-refractivity contribution in [1.29, 1.82) is 0 Å². The van der Waals surface area contributed by atoms with E-state index in [2.05, 4.69) is 30.7 Å². The molecule has 0 spiro atoms. The summed E-state index contributed by atoms with van der Waals surface area (Å²) in [6.45, 7) is 3.77. The fraction of sp³-hybridized carbons (Fsp3) is 0.167. The number of aromatic amines is 1. The Morgan fingerprint density at radius 1 is 1.25 bits per heavy atom. The van der Waals surface area contributed by atoms with Gasteiger partial charge < -0.3 is 9.15 Å². The lowest BCUT2D eigenvalue weighted by Gasteiger charge is -2.01. The molecule has 0 fully saturated rings. The van der Waals surface area contributed by atoms with Crippen LogP contribution in [0.5, 0.6) is 5.75 Å². The monoisotopic (exact) mass is 396 g/mol. The number of hydrogen-bond acceptors (Lipinski definition) is 8. The van der Waals surface area contributed by atoms with E-state index < -0.39 is 5.91 Å². The van der Waals surface area contributed by atoms with Crippen molar-refractivity contribution < 1.29 is 13.9 Å². The third kappa shape index (κ3) is 3.49. The fourth-order valence-electron chi connectivity index (χ4n) is 2.63. The second-order valence-corrected chi connectivity index (χ2v) is 7.12. The van der Waals surface area contributed by atoms with Crippen molar-refractivity contribution in [2.24, 2.45) is 0 Å². The summed E-state index contributed by atoms with van der Waals surface area (Å²) < 4.78 is 10.8. The topological polar surface area (TPSA) is 119 Å². The van der Waals surface area contributed by atoms with Crippen LogP contribution in [-0.4, -0.2) is 38.4 Å². The number of nitrogens with one attached hydrogen (secondary N) is 2. The van der Waals surface area contributed by atoms with Crippen LogP contribution in [0.15, 0.2) is 34.7 Å². The van der Waals surface area contributed by atoms with Gasteiger partial charge in [0.1, 0.15) is 16.3 Å². The van der Waals surface area contributed by atoms with E-state index in [1.165, 1.54) is 11.3 Å². The van der Waals surface area contributed by atoms with E-state index in [0.717, 1.165) is 21.1 Å². The molecule has 28 heavy (non-hydrogen) atoms. The molecule has 9 nitrogen and oxygen atoms in total. The molecule has 1 amide bonds. The van der Waals surface area contributed by atoms with Gasteiger partial charge in [-0.1, -0.05) is 17.2 Å². The van der Waals surface area contributed by atoms with Crippen LogP contribution in [-0.2, 0) is 0 Å². The van der Waals surface area contributed by atoms with Crippen molar-refractivity contribution in [1.82, 2.24) is 25.4 Å². The number of anilines is 1. The summed E-state index contributed by atoms with van der Waals surface area (Å²) in [4.78, 5) is 17.6. The SMILES string of the molecule is COc1cccc(-c2cc(C(=O)Nc3nnc(-c4sc(C)nc4C)o3)[nH]n2)c1. The van der Waals surface area contributed by atoms with Crippen LogP contribution in [0, 0.1) is 13.8 Å². The first-order valence-corrected chi connectivity index (χ1v) is 9.14. The first-order chi connectivity index (χ1) is 13.5. The van der Waals surface area contributed by atoms with E-state index >= 15 is 0 Å². The minimum atomic E-state index is -0.436. The van der Waals surface area contributed by atoms with Crippen molar-refractivity contribution in [2.45, 2.75) is 13.8 Å². The van der Waals surface area contributed by atoms with Gasteiger partial charge in [-0.25, -0.2) is 4.98 Å². The maximum absolute atomic E-state index is 12.5. The Morgan fingerprint density at radius 2 is 2.11 bits per heavy atom. The van der Waals surface area contributed by atoms with Crippen LogP contribution in [0.4, 0.5) is 6.01 Å². The minimum Gasteiger partial charge on any atom is -0.497 e. The summed E-state index contributed by atoms with van der Waals surface area (Å²) >= 11 is 1.45. The molecule has 3 heterocycles. The normalized spacial score (nSPS) is 10.8. The smallest absolute Gasteiger partial charge is 0.322 e. The Morgan fingerprint density at radius 3 is 2.86 bits per heavy atom. The van der Waals surface area contributed by atoms with Gasteiger partial charge in [0.05, 0.1) is 23.5 Å². The summed E-state index contributed by atoms with van der Waals surface area (Å²) in [5.74, 6) is 0.590. The number of aromatic nitrogens is 5. The maximum Gasteiger partial charge on any atom is 0.322 e. The van der Waals surface area contributed by atoms with Crippen LogP contribution >= 0.6 is 11.3 Å². The highest BCUT2D eigenvalue weighted by Gasteiger charge is 2.18. The Hall–Kier alpha value is -3.53. The van der Waals surface area contributed by atoms with Crippen LogP contribution in [0.2, 0.25) is 0 Å². The highest BCUT2D eigenvalue weighted by molar-refractivity contribution is 7.15. The average Bonchev–Trinajstić information content (AvgIpc) is 3.41. The molecule has 0 unspecified atom stereocenters. The van der Waals surface area contributed by atoms with Gasteiger partial charge in [-0.2, -0.15) is 5.10 Å². The quantitative estimate of drug-likeness (QED) is 0.530. The summed E-state index contributed by atoms with van der Waals surface area (Å²) in [5, 5.41) is 18.2. The number of hydrogen-bond donors (Lipinski definition) is 2. The molecule has 0 aliphatic heterocycles. The van der Waals surface area contributed by atoms with Crippen LogP contribution in [0.25, 0.3) is 22.0 Å². The number of ether oxygens (including phenoxy) is 1. The number of nitrogens with zero attached hydrogens (tertiary/aromatic N) is 4. The number of carbonyl (C=O) groups is 1. The molecule has 0 aliphatic rings. The molecule has 0 radical (unpaired) electrons. The summed E-state index contributed by atoms with van der Waals surface area (Å²) in [7, 11) is 1.59. The van der Waals surface area contributed by atoms with Crippen LogP contribution < -0.4 is 10.1 Å². The summed E-state index contributed by atoms with van der Waals surface area (Å²) in [6, 6.07) is 9.04. The fourth-order valence-corrected chi connectivity index (χ4v) is 3.47. The molecule has 0 bridgehead atoms. The highest BCUT2D eigenvalue weighted by Crippen LogP contribution is 2.29. The Labute approximate surface area is 163 Å². The number of carbonyl (C=O) groups excluding carboxylic acids is 1. The van der Waals surface area contributed by atoms with Crippen LogP contribution in [0.1, 0.15) is 21.2 Å². The second-order valence-electron chi connectivity index (χ2n) is 5.91. The Balaban J connectivity index is 1.50. The molecule has 2 N–H and O–H groups in total. The zero-order valence-corrected chi connectivity index (χ0v) is 16.1. The van der Waals surface area contributed by atoms with Crippen molar-refractivity contribution in [2.75, 3.05) is 12.4 Å². The summed E-state index contributed by atoms with van der Waals surface area (Å²) in [6.07, 6.45) is 0. The maximum atomic E-state index is 12.5. The highest BCUT2D eigenvalue weighted by atomic mass is 32.1. The molecular formula is C18H16N6O3S. The van der Waals surface area contributed by atoms with Gasteiger partial charge in [-0.15, -0.1) is 16.4 Å². The van der Waals surface area contributed by atoms with Gasteiger partial charge in [-0.3, -0.25) is 15.2 Å². The number of thiazole rings is 1. The van der Waals surface area contributed by atoms with Gasteiger partial charge in [0.15, 0.2) is 0 Å². The second kappa shape index (κ2) is 7.24. The predicted molar refractivity (Wildman–Crippen MR) is 103 cm³/mol. The van der Waals surface area contributed by atoms with Gasteiger partial charge in [0, 0.05) is 5.56 Å².